The second-order valence-corrected chi connectivity index (χ2v) is 6.16. The van der Waals surface area contributed by atoms with E-state index >= 15 is 0 Å². The van der Waals surface area contributed by atoms with Gasteiger partial charge in [0.05, 0.1) is 12.8 Å². The highest BCUT2D eigenvalue weighted by Gasteiger charge is 2.25. The molecule has 0 spiro atoms. The van der Waals surface area contributed by atoms with Crippen LogP contribution in [0.4, 0.5) is 5.69 Å². The van der Waals surface area contributed by atoms with Gasteiger partial charge in [-0.2, -0.15) is 0 Å². The average Bonchev–Trinajstić information content (AvgIpc) is 3.20. The largest absolute Gasteiger partial charge is 0.465 e. The van der Waals surface area contributed by atoms with E-state index < -0.39 is 17.8 Å². The van der Waals surface area contributed by atoms with Gasteiger partial charge in [0.15, 0.2) is 0 Å². The molecule has 0 unspecified atom stereocenters. The first kappa shape index (κ1) is 17.4. The first-order valence-corrected chi connectivity index (χ1v) is 8.43. The van der Waals surface area contributed by atoms with Crippen molar-refractivity contribution in [2.45, 2.75) is 25.8 Å². The maximum absolute atomic E-state index is 11.9. The zero-order chi connectivity index (χ0) is 16.8. The van der Waals surface area contributed by atoms with Crippen LogP contribution in [0.15, 0.2) is 11.4 Å². The van der Waals surface area contributed by atoms with Crippen molar-refractivity contribution in [1.29, 1.82) is 0 Å². The number of rotatable bonds is 5. The zero-order valence-electron chi connectivity index (χ0n) is 13.3. The third kappa shape index (κ3) is 4.29. The Hall–Kier alpha value is -1.93. The standard InChI is InChI=1S/C15H21N3O4S/c1-3-18-7-4-5-10(18)9-16-13(19)14(20)17-11-6-8-23-12(11)15(21)22-2/h6,8,10H,3-5,7,9H2,1-2H3,(H,16,19)(H,17,20)/t10-/m1/s1. The fourth-order valence-electron chi connectivity index (χ4n) is 2.67. The molecule has 1 aromatic rings. The Bertz CT molecular complexity index is 587. The first-order valence-electron chi connectivity index (χ1n) is 7.55. The number of carbonyl (C=O) groups is 3. The van der Waals surface area contributed by atoms with Crippen LogP contribution in [0.25, 0.3) is 0 Å². The number of anilines is 1. The number of likely N-dealkylation sites (N-methyl/N-ethyl adjacent to an activating group) is 1. The molecule has 1 saturated heterocycles. The van der Waals surface area contributed by atoms with Gasteiger partial charge in [-0.1, -0.05) is 6.92 Å². The molecule has 0 bridgehead atoms. The highest BCUT2D eigenvalue weighted by Crippen LogP contribution is 2.23. The van der Waals surface area contributed by atoms with E-state index in [4.69, 9.17) is 0 Å². The molecule has 1 aliphatic heterocycles. The first-order chi connectivity index (χ1) is 11.1. The lowest BCUT2D eigenvalue weighted by molar-refractivity contribution is -0.136. The third-order valence-electron chi connectivity index (χ3n) is 3.89. The van der Waals surface area contributed by atoms with Gasteiger partial charge in [0.2, 0.25) is 0 Å². The van der Waals surface area contributed by atoms with E-state index in [1.165, 1.54) is 7.11 Å². The van der Waals surface area contributed by atoms with Crippen LogP contribution in [-0.2, 0) is 14.3 Å². The smallest absolute Gasteiger partial charge is 0.350 e. The summed E-state index contributed by atoms with van der Waals surface area (Å²) in [6, 6.07) is 1.85. The van der Waals surface area contributed by atoms with E-state index in [9.17, 15) is 14.4 Å². The van der Waals surface area contributed by atoms with Crippen molar-refractivity contribution in [3.63, 3.8) is 0 Å². The second kappa shape index (κ2) is 8.07. The minimum atomic E-state index is -0.783. The fourth-order valence-corrected chi connectivity index (χ4v) is 3.44. The summed E-state index contributed by atoms with van der Waals surface area (Å²) >= 11 is 1.15. The molecule has 1 fully saturated rings. The quantitative estimate of drug-likeness (QED) is 0.619. The maximum atomic E-state index is 11.9. The van der Waals surface area contributed by atoms with Gasteiger partial charge in [-0.05, 0) is 37.4 Å². The van der Waals surface area contributed by atoms with Crippen molar-refractivity contribution in [1.82, 2.24) is 10.2 Å². The van der Waals surface area contributed by atoms with Crippen LogP contribution < -0.4 is 10.6 Å². The summed E-state index contributed by atoms with van der Waals surface area (Å²) in [6.45, 7) is 4.50. The van der Waals surface area contributed by atoms with Crippen LogP contribution in [-0.4, -0.2) is 55.5 Å². The number of hydrogen-bond donors (Lipinski definition) is 2. The number of nitrogens with zero attached hydrogens (tertiary/aromatic N) is 1. The Kier molecular flexibility index (Phi) is 6.12. The van der Waals surface area contributed by atoms with E-state index in [1.807, 2.05) is 0 Å². The van der Waals surface area contributed by atoms with Gasteiger partial charge in [-0.3, -0.25) is 14.5 Å². The minimum absolute atomic E-state index is 0.265. The second-order valence-electron chi connectivity index (χ2n) is 5.24. The lowest BCUT2D eigenvalue weighted by Crippen LogP contribution is -2.43. The summed E-state index contributed by atoms with van der Waals surface area (Å²) in [5.74, 6) is -2.02. The molecule has 1 atom stereocenters. The van der Waals surface area contributed by atoms with Gasteiger partial charge in [0.25, 0.3) is 0 Å². The number of carbonyl (C=O) groups excluding carboxylic acids is 3. The van der Waals surface area contributed by atoms with Crippen molar-refractivity contribution in [2.75, 3.05) is 32.1 Å². The van der Waals surface area contributed by atoms with Gasteiger partial charge in [-0.25, -0.2) is 4.79 Å². The molecular weight excluding hydrogens is 318 g/mol. The maximum Gasteiger partial charge on any atom is 0.350 e. The van der Waals surface area contributed by atoms with Crippen LogP contribution in [0.5, 0.6) is 0 Å². The van der Waals surface area contributed by atoms with Gasteiger partial charge in [-0.15, -0.1) is 11.3 Å². The molecule has 126 valence electrons. The summed E-state index contributed by atoms with van der Waals surface area (Å²) in [5.41, 5.74) is 0.290. The van der Waals surface area contributed by atoms with Gasteiger partial charge in [0.1, 0.15) is 4.88 Å². The number of amides is 2. The predicted molar refractivity (Wildman–Crippen MR) is 87.6 cm³/mol. The van der Waals surface area contributed by atoms with Crippen LogP contribution in [0.1, 0.15) is 29.4 Å². The lowest BCUT2D eigenvalue weighted by Gasteiger charge is -2.22. The van der Waals surface area contributed by atoms with E-state index in [1.54, 1.807) is 11.4 Å². The van der Waals surface area contributed by atoms with Crippen LogP contribution in [0, 0.1) is 0 Å². The van der Waals surface area contributed by atoms with E-state index in [0.717, 1.165) is 37.3 Å². The minimum Gasteiger partial charge on any atom is -0.465 e. The number of nitrogens with one attached hydrogen (secondary N) is 2. The zero-order valence-corrected chi connectivity index (χ0v) is 14.1. The fraction of sp³-hybridized carbons (Fsp3) is 0.533. The topological polar surface area (TPSA) is 87.7 Å². The van der Waals surface area contributed by atoms with Crippen LogP contribution in [0.2, 0.25) is 0 Å². The highest BCUT2D eigenvalue weighted by molar-refractivity contribution is 7.12. The van der Waals surface area contributed by atoms with Gasteiger partial charge < -0.3 is 15.4 Å². The third-order valence-corrected chi connectivity index (χ3v) is 4.79. The van der Waals surface area contributed by atoms with Crippen LogP contribution in [0.3, 0.4) is 0 Å². The SMILES string of the molecule is CCN1CCC[C@@H]1CNC(=O)C(=O)Nc1ccsc1C(=O)OC. The van der Waals surface area contributed by atoms with Crippen molar-refractivity contribution in [3.8, 4) is 0 Å². The Labute approximate surface area is 139 Å². The molecular formula is C15H21N3O4S. The summed E-state index contributed by atoms with van der Waals surface area (Å²) in [5, 5.41) is 6.76. The summed E-state index contributed by atoms with van der Waals surface area (Å²) in [6.07, 6.45) is 2.13. The number of likely N-dealkylation sites (tertiary alicyclic amines) is 1. The van der Waals surface area contributed by atoms with E-state index in [0.29, 0.717) is 6.54 Å². The molecule has 0 radical (unpaired) electrons. The van der Waals surface area contributed by atoms with E-state index in [-0.39, 0.29) is 16.6 Å². The lowest BCUT2D eigenvalue weighted by atomic mass is 10.2. The molecule has 0 aromatic carbocycles. The van der Waals surface area contributed by atoms with Crippen molar-refractivity contribution < 1.29 is 19.1 Å². The number of ether oxygens (including phenoxy) is 1. The summed E-state index contributed by atoms with van der Waals surface area (Å²) < 4.78 is 4.63. The molecule has 2 heterocycles. The van der Waals surface area contributed by atoms with E-state index in [2.05, 4.69) is 27.2 Å². The number of thiophene rings is 1. The summed E-state index contributed by atoms with van der Waals surface area (Å²) in [7, 11) is 1.27. The number of methoxy groups -OCH3 is 1. The normalized spacial score (nSPS) is 17.7. The Balaban J connectivity index is 1.87. The molecule has 0 saturated carbocycles. The number of hydrogen-bond acceptors (Lipinski definition) is 6. The molecule has 0 aliphatic carbocycles. The Morgan fingerprint density at radius 3 is 2.87 bits per heavy atom. The molecule has 23 heavy (non-hydrogen) atoms. The molecule has 2 rings (SSSR count). The predicted octanol–water partition coefficient (Wildman–Crippen LogP) is 1.07. The molecule has 1 aromatic heterocycles. The molecule has 8 heteroatoms. The molecule has 2 amide bonds. The van der Waals surface area contributed by atoms with Crippen molar-refractivity contribution in [3.05, 3.63) is 16.3 Å². The molecule has 1 aliphatic rings. The Morgan fingerprint density at radius 1 is 1.39 bits per heavy atom. The monoisotopic (exact) mass is 339 g/mol. The molecule has 2 N–H and O–H groups in total. The highest BCUT2D eigenvalue weighted by atomic mass is 32.1. The van der Waals surface area contributed by atoms with Crippen molar-refractivity contribution >= 4 is 34.8 Å². The van der Waals surface area contributed by atoms with Gasteiger partial charge in [0, 0.05) is 12.6 Å². The van der Waals surface area contributed by atoms with Crippen LogP contribution >= 0.6 is 11.3 Å². The van der Waals surface area contributed by atoms with Gasteiger partial charge >= 0.3 is 17.8 Å². The average molecular weight is 339 g/mol. The summed E-state index contributed by atoms with van der Waals surface area (Å²) in [4.78, 5) is 38.0. The van der Waals surface area contributed by atoms with Crippen molar-refractivity contribution in [2.24, 2.45) is 0 Å². The molecule has 7 nitrogen and oxygen atoms in total. The Morgan fingerprint density at radius 2 is 2.17 bits per heavy atom. The number of esters is 1.